The Morgan fingerprint density at radius 3 is 2.46 bits per heavy atom. The van der Waals surface area contributed by atoms with E-state index in [-0.39, 0.29) is 5.91 Å². The Bertz CT molecular complexity index is 1260. The summed E-state index contributed by atoms with van der Waals surface area (Å²) in [7, 11) is 1.58. The Balaban J connectivity index is 1.43. The number of hydrogen-bond donors (Lipinski definition) is 0. The predicted molar refractivity (Wildman–Crippen MR) is 138 cm³/mol. The van der Waals surface area contributed by atoms with Gasteiger partial charge in [-0.25, -0.2) is 0 Å². The van der Waals surface area contributed by atoms with Crippen molar-refractivity contribution in [2.24, 2.45) is 0 Å². The fourth-order valence-corrected chi connectivity index (χ4v) is 4.27. The summed E-state index contributed by atoms with van der Waals surface area (Å²) in [5.74, 6) is 1.26. The molecule has 0 aliphatic carbocycles. The van der Waals surface area contributed by atoms with Gasteiger partial charge in [0.2, 0.25) is 0 Å². The second-order valence-corrected chi connectivity index (χ2v) is 8.87. The first-order valence-corrected chi connectivity index (χ1v) is 12.0. The molecular formula is C29H27ClN2O3. The molecule has 0 saturated carbocycles. The van der Waals surface area contributed by atoms with Crippen molar-refractivity contribution in [3.63, 3.8) is 0 Å². The molecule has 3 aromatic carbocycles. The first kappa shape index (κ1) is 24.4. The minimum absolute atomic E-state index is 0.0944. The van der Waals surface area contributed by atoms with Gasteiger partial charge in [-0.05, 0) is 78.4 Å². The van der Waals surface area contributed by atoms with Crippen molar-refractivity contribution in [3.05, 3.63) is 94.0 Å². The number of methoxy groups -OCH3 is 1. The summed E-state index contributed by atoms with van der Waals surface area (Å²) >= 11 is 6.07. The Morgan fingerprint density at radius 1 is 1.00 bits per heavy atom. The van der Waals surface area contributed by atoms with Gasteiger partial charge in [-0.2, -0.15) is 5.26 Å². The number of carbonyl (C=O) groups excluding carboxylic acids is 1. The largest absolute Gasteiger partial charge is 0.493 e. The Morgan fingerprint density at radius 2 is 1.77 bits per heavy atom. The number of halogens is 1. The standard InChI is InChI=1S/C29H27ClN2O3/c1-34-28-17-22(16-25(19-31)24-6-5-7-26(30)18-24)10-13-27(28)35-20-21-8-11-23(12-9-21)29(33)32-14-3-2-4-15-32/h5-13,16-18H,2-4,14-15,20H2,1H3/b25-16-. The van der Waals surface area contributed by atoms with Crippen LogP contribution in [0, 0.1) is 11.3 Å². The van der Waals surface area contributed by atoms with Gasteiger partial charge in [-0.3, -0.25) is 4.79 Å². The van der Waals surface area contributed by atoms with Gasteiger partial charge in [0.1, 0.15) is 6.61 Å². The maximum atomic E-state index is 12.7. The summed E-state index contributed by atoms with van der Waals surface area (Å²) in [5, 5.41) is 10.2. The number of benzene rings is 3. The number of carbonyl (C=O) groups is 1. The van der Waals surface area contributed by atoms with Crippen LogP contribution in [0.2, 0.25) is 5.02 Å². The van der Waals surface area contributed by atoms with Gasteiger partial charge in [0.05, 0.1) is 18.8 Å². The van der Waals surface area contributed by atoms with Crippen molar-refractivity contribution < 1.29 is 14.3 Å². The van der Waals surface area contributed by atoms with Crippen LogP contribution in [0.25, 0.3) is 11.6 Å². The number of amides is 1. The monoisotopic (exact) mass is 486 g/mol. The Kier molecular flexibility index (Phi) is 8.07. The highest BCUT2D eigenvalue weighted by atomic mass is 35.5. The molecule has 1 heterocycles. The molecule has 0 radical (unpaired) electrons. The van der Waals surface area contributed by atoms with Gasteiger partial charge in [0.15, 0.2) is 11.5 Å². The van der Waals surface area contributed by atoms with E-state index in [4.69, 9.17) is 21.1 Å². The van der Waals surface area contributed by atoms with Crippen molar-refractivity contribution in [2.45, 2.75) is 25.9 Å². The number of ether oxygens (including phenoxy) is 2. The number of rotatable bonds is 7. The molecule has 5 nitrogen and oxygen atoms in total. The van der Waals surface area contributed by atoms with Crippen molar-refractivity contribution in [1.82, 2.24) is 4.90 Å². The lowest BCUT2D eigenvalue weighted by Gasteiger charge is -2.26. The minimum atomic E-state index is 0.0944. The van der Waals surface area contributed by atoms with Gasteiger partial charge in [-0.1, -0.05) is 41.9 Å². The van der Waals surface area contributed by atoms with Crippen LogP contribution in [-0.2, 0) is 6.61 Å². The molecule has 1 aliphatic rings. The predicted octanol–water partition coefficient (Wildman–Crippen LogP) is 6.62. The smallest absolute Gasteiger partial charge is 0.253 e. The molecule has 1 saturated heterocycles. The molecule has 0 spiro atoms. The molecule has 0 N–H and O–H groups in total. The fourth-order valence-electron chi connectivity index (χ4n) is 4.08. The average Bonchev–Trinajstić information content (AvgIpc) is 2.91. The molecule has 0 atom stereocenters. The topological polar surface area (TPSA) is 62.6 Å². The van der Waals surface area contributed by atoms with E-state index in [1.807, 2.05) is 59.5 Å². The molecule has 178 valence electrons. The minimum Gasteiger partial charge on any atom is -0.493 e. The number of nitrogens with zero attached hydrogens (tertiary/aromatic N) is 2. The third kappa shape index (κ3) is 6.23. The zero-order valence-electron chi connectivity index (χ0n) is 19.7. The molecule has 3 aromatic rings. The highest BCUT2D eigenvalue weighted by Crippen LogP contribution is 2.31. The fraction of sp³-hybridized carbons (Fsp3) is 0.241. The van der Waals surface area contributed by atoms with Crippen molar-refractivity contribution in [2.75, 3.05) is 20.2 Å². The first-order chi connectivity index (χ1) is 17.1. The Hall–Kier alpha value is -3.75. The molecule has 0 aromatic heterocycles. The highest BCUT2D eigenvalue weighted by Gasteiger charge is 2.18. The van der Waals surface area contributed by atoms with Crippen LogP contribution in [0.4, 0.5) is 0 Å². The zero-order chi connectivity index (χ0) is 24.6. The van der Waals surface area contributed by atoms with Crippen LogP contribution in [0.15, 0.2) is 66.7 Å². The van der Waals surface area contributed by atoms with E-state index in [2.05, 4.69) is 6.07 Å². The zero-order valence-corrected chi connectivity index (χ0v) is 20.4. The van der Waals surface area contributed by atoms with E-state index >= 15 is 0 Å². The third-order valence-corrected chi connectivity index (χ3v) is 6.23. The number of hydrogen-bond acceptors (Lipinski definition) is 4. The summed E-state index contributed by atoms with van der Waals surface area (Å²) in [5.41, 5.74) is 3.73. The number of piperidine rings is 1. The van der Waals surface area contributed by atoms with E-state index in [0.29, 0.717) is 34.3 Å². The second kappa shape index (κ2) is 11.6. The molecule has 0 unspecified atom stereocenters. The van der Waals surface area contributed by atoms with E-state index < -0.39 is 0 Å². The van der Waals surface area contributed by atoms with Gasteiger partial charge in [-0.15, -0.1) is 0 Å². The van der Waals surface area contributed by atoms with Crippen LogP contribution in [0.3, 0.4) is 0 Å². The number of nitriles is 1. The van der Waals surface area contributed by atoms with E-state index in [1.54, 1.807) is 25.3 Å². The summed E-state index contributed by atoms with van der Waals surface area (Å²) in [6, 6.07) is 22.5. The van der Waals surface area contributed by atoms with Gasteiger partial charge < -0.3 is 14.4 Å². The SMILES string of the molecule is COc1cc(/C=C(/C#N)c2cccc(Cl)c2)ccc1OCc1ccc(C(=O)N2CCCCC2)cc1. The van der Waals surface area contributed by atoms with Crippen molar-refractivity contribution in [3.8, 4) is 17.6 Å². The third-order valence-electron chi connectivity index (χ3n) is 5.99. The van der Waals surface area contributed by atoms with Crippen molar-refractivity contribution >= 4 is 29.2 Å². The quantitative estimate of drug-likeness (QED) is 0.278. The lowest BCUT2D eigenvalue weighted by atomic mass is 10.0. The lowest BCUT2D eigenvalue weighted by molar-refractivity contribution is 0.0724. The lowest BCUT2D eigenvalue weighted by Crippen LogP contribution is -2.35. The summed E-state index contributed by atoms with van der Waals surface area (Å²) < 4.78 is 11.5. The average molecular weight is 487 g/mol. The van der Waals surface area contributed by atoms with Gasteiger partial charge in [0, 0.05) is 23.7 Å². The molecule has 1 amide bonds. The molecular weight excluding hydrogens is 460 g/mol. The van der Waals surface area contributed by atoms with Crippen molar-refractivity contribution in [1.29, 1.82) is 5.26 Å². The van der Waals surface area contributed by atoms with E-state index in [9.17, 15) is 10.1 Å². The van der Waals surface area contributed by atoms with E-state index in [0.717, 1.165) is 42.6 Å². The highest BCUT2D eigenvalue weighted by molar-refractivity contribution is 6.30. The number of likely N-dealkylation sites (tertiary alicyclic amines) is 1. The second-order valence-electron chi connectivity index (χ2n) is 8.43. The molecule has 4 rings (SSSR count). The van der Waals surface area contributed by atoms with Crippen LogP contribution in [0.5, 0.6) is 11.5 Å². The molecule has 0 bridgehead atoms. The van der Waals surface area contributed by atoms with Crippen LogP contribution in [-0.4, -0.2) is 31.0 Å². The summed E-state index contributed by atoms with van der Waals surface area (Å²) in [6.07, 6.45) is 5.14. The number of allylic oxidation sites excluding steroid dienone is 1. The van der Waals surface area contributed by atoms with Gasteiger partial charge >= 0.3 is 0 Å². The van der Waals surface area contributed by atoms with Crippen LogP contribution in [0.1, 0.15) is 46.3 Å². The van der Waals surface area contributed by atoms with Gasteiger partial charge in [0.25, 0.3) is 5.91 Å². The first-order valence-electron chi connectivity index (χ1n) is 11.6. The summed E-state index contributed by atoms with van der Waals surface area (Å²) in [6.45, 7) is 2.02. The Labute approximate surface area is 211 Å². The molecule has 1 aliphatic heterocycles. The maximum Gasteiger partial charge on any atom is 0.253 e. The molecule has 35 heavy (non-hydrogen) atoms. The normalized spacial score (nSPS) is 13.7. The molecule has 1 fully saturated rings. The van der Waals surface area contributed by atoms with Crippen LogP contribution >= 0.6 is 11.6 Å². The van der Waals surface area contributed by atoms with Crippen LogP contribution < -0.4 is 9.47 Å². The molecule has 6 heteroatoms. The summed E-state index contributed by atoms with van der Waals surface area (Å²) in [4.78, 5) is 14.6. The van der Waals surface area contributed by atoms with E-state index in [1.165, 1.54) is 6.42 Å². The maximum absolute atomic E-state index is 12.7.